The summed E-state index contributed by atoms with van der Waals surface area (Å²) in [5.74, 6) is 1.51. The summed E-state index contributed by atoms with van der Waals surface area (Å²) >= 11 is 0. The summed E-state index contributed by atoms with van der Waals surface area (Å²) in [6, 6.07) is 9.59. The van der Waals surface area contributed by atoms with Gasteiger partial charge in [-0.2, -0.15) is 0 Å². The van der Waals surface area contributed by atoms with Gasteiger partial charge in [-0.05, 0) is 37.3 Å². The number of hydrogen-bond acceptors (Lipinski definition) is 2. The minimum atomic E-state index is -0.354. The molecule has 104 valence electrons. The van der Waals surface area contributed by atoms with E-state index >= 15 is 0 Å². The first kappa shape index (κ1) is 13.9. The molecule has 1 fully saturated rings. The van der Waals surface area contributed by atoms with E-state index < -0.39 is 0 Å². The first-order chi connectivity index (χ1) is 9.20. The maximum Gasteiger partial charge on any atom is 0.263 e. The van der Waals surface area contributed by atoms with Gasteiger partial charge < -0.3 is 9.64 Å². The molecule has 0 saturated carbocycles. The molecule has 19 heavy (non-hydrogen) atoms. The molecule has 0 bridgehead atoms. The molecule has 1 aliphatic rings. The van der Waals surface area contributed by atoms with Crippen LogP contribution >= 0.6 is 0 Å². The third-order valence-electron chi connectivity index (χ3n) is 3.64. The van der Waals surface area contributed by atoms with Crippen molar-refractivity contribution in [1.82, 2.24) is 4.90 Å². The normalized spacial score (nSPS) is 20.9. The molecule has 1 heterocycles. The first-order valence-corrected chi connectivity index (χ1v) is 7.21. The fraction of sp³-hybridized carbons (Fsp3) is 0.562. The van der Waals surface area contributed by atoms with E-state index in [1.807, 2.05) is 42.2 Å². The lowest BCUT2D eigenvalue weighted by Gasteiger charge is -2.33. The van der Waals surface area contributed by atoms with Crippen molar-refractivity contribution in [2.45, 2.75) is 39.2 Å². The number of para-hydroxylation sites is 1. The Labute approximate surface area is 115 Å². The zero-order valence-electron chi connectivity index (χ0n) is 11.8. The van der Waals surface area contributed by atoms with Gasteiger partial charge in [0.05, 0.1) is 0 Å². The molecule has 0 unspecified atom stereocenters. The number of ether oxygens (including phenoxy) is 1. The second-order valence-corrected chi connectivity index (χ2v) is 5.36. The third kappa shape index (κ3) is 3.72. The number of piperidine rings is 1. The highest BCUT2D eigenvalue weighted by Gasteiger charge is 2.27. The number of hydrogen-bond donors (Lipinski definition) is 0. The molecule has 0 radical (unpaired) electrons. The SMILES string of the molecule is CC[C@@H](Oc1ccccc1)C(=O)N1CCC[C@H](C)C1. The Morgan fingerprint density at radius 2 is 2.16 bits per heavy atom. The topological polar surface area (TPSA) is 29.5 Å². The van der Waals surface area contributed by atoms with E-state index in [1.54, 1.807) is 0 Å². The van der Waals surface area contributed by atoms with Crippen molar-refractivity contribution >= 4 is 5.91 Å². The molecule has 0 aliphatic carbocycles. The molecule has 0 spiro atoms. The van der Waals surface area contributed by atoms with Crippen molar-refractivity contribution in [1.29, 1.82) is 0 Å². The summed E-state index contributed by atoms with van der Waals surface area (Å²) in [4.78, 5) is 14.4. The summed E-state index contributed by atoms with van der Waals surface area (Å²) in [6.07, 6.45) is 2.68. The maximum absolute atomic E-state index is 12.5. The van der Waals surface area contributed by atoms with Gasteiger partial charge >= 0.3 is 0 Å². The summed E-state index contributed by atoms with van der Waals surface area (Å²) in [7, 11) is 0. The molecule has 0 aromatic heterocycles. The van der Waals surface area contributed by atoms with Crippen molar-refractivity contribution in [2.24, 2.45) is 5.92 Å². The summed E-state index contributed by atoms with van der Waals surface area (Å²) in [6.45, 7) is 5.95. The highest BCUT2D eigenvalue weighted by atomic mass is 16.5. The van der Waals surface area contributed by atoms with Gasteiger partial charge in [-0.3, -0.25) is 4.79 Å². The number of likely N-dealkylation sites (tertiary alicyclic amines) is 1. The van der Waals surface area contributed by atoms with E-state index in [9.17, 15) is 4.79 Å². The number of carbonyl (C=O) groups excluding carboxylic acids is 1. The Hall–Kier alpha value is -1.51. The highest BCUT2D eigenvalue weighted by Crippen LogP contribution is 2.19. The van der Waals surface area contributed by atoms with Crippen LogP contribution in [0.1, 0.15) is 33.1 Å². The van der Waals surface area contributed by atoms with Crippen LogP contribution in [0, 0.1) is 5.92 Å². The Kier molecular flexibility index (Phi) is 4.83. The van der Waals surface area contributed by atoms with Crippen LogP contribution in [0.25, 0.3) is 0 Å². The van der Waals surface area contributed by atoms with Gasteiger partial charge in [0.15, 0.2) is 6.10 Å². The highest BCUT2D eigenvalue weighted by molar-refractivity contribution is 5.81. The summed E-state index contributed by atoms with van der Waals surface area (Å²) < 4.78 is 5.82. The van der Waals surface area contributed by atoms with Crippen LogP contribution in [0.5, 0.6) is 5.75 Å². The minimum absolute atomic E-state index is 0.137. The smallest absolute Gasteiger partial charge is 0.263 e. The first-order valence-electron chi connectivity index (χ1n) is 7.21. The van der Waals surface area contributed by atoms with Crippen LogP contribution in [-0.2, 0) is 4.79 Å². The van der Waals surface area contributed by atoms with Crippen LogP contribution in [0.2, 0.25) is 0 Å². The second-order valence-electron chi connectivity index (χ2n) is 5.36. The third-order valence-corrected chi connectivity index (χ3v) is 3.64. The lowest BCUT2D eigenvalue weighted by atomic mass is 9.99. The fourth-order valence-corrected chi connectivity index (χ4v) is 2.56. The number of amides is 1. The van der Waals surface area contributed by atoms with Gasteiger partial charge in [0.2, 0.25) is 0 Å². The quantitative estimate of drug-likeness (QED) is 0.833. The number of rotatable bonds is 4. The van der Waals surface area contributed by atoms with Gasteiger partial charge in [-0.1, -0.05) is 32.0 Å². The Bertz CT molecular complexity index is 404. The van der Waals surface area contributed by atoms with Gasteiger partial charge in [-0.25, -0.2) is 0 Å². The molecule has 1 aliphatic heterocycles. The molecule has 2 atom stereocenters. The monoisotopic (exact) mass is 261 g/mol. The van der Waals surface area contributed by atoms with Crippen LogP contribution in [0.3, 0.4) is 0 Å². The van der Waals surface area contributed by atoms with Crippen molar-refractivity contribution in [2.75, 3.05) is 13.1 Å². The predicted octanol–water partition coefficient (Wildman–Crippen LogP) is 3.10. The molecular formula is C16H23NO2. The predicted molar refractivity (Wildman–Crippen MR) is 76.1 cm³/mol. The van der Waals surface area contributed by atoms with Crippen LogP contribution < -0.4 is 4.74 Å². The molecule has 0 N–H and O–H groups in total. The van der Waals surface area contributed by atoms with Crippen molar-refractivity contribution in [3.63, 3.8) is 0 Å². The van der Waals surface area contributed by atoms with Crippen LogP contribution in [0.15, 0.2) is 30.3 Å². The van der Waals surface area contributed by atoms with Crippen LogP contribution in [-0.4, -0.2) is 30.0 Å². The lowest BCUT2D eigenvalue weighted by Crippen LogP contribution is -2.46. The van der Waals surface area contributed by atoms with E-state index in [4.69, 9.17) is 4.74 Å². The fourth-order valence-electron chi connectivity index (χ4n) is 2.56. The van der Waals surface area contributed by atoms with Crippen LogP contribution in [0.4, 0.5) is 0 Å². The largest absolute Gasteiger partial charge is 0.481 e. The van der Waals surface area contributed by atoms with E-state index in [-0.39, 0.29) is 12.0 Å². The molecule has 3 nitrogen and oxygen atoms in total. The molecule has 1 aromatic rings. The summed E-state index contributed by atoms with van der Waals surface area (Å²) in [5, 5.41) is 0. The molecule has 2 rings (SSSR count). The second kappa shape index (κ2) is 6.60. The van der Waals surface area contributed by atoms with Gasteiger partial charge in [0, 0.05) is 13.1 Å². The van der Waals surface area contributed by atoms with E-state index in [0.717, 1.165) is 25.3 Å². The van der Waals surface area contributed by atoms with Crippen molar-refractivity contribution < 1.29 is 9.53 Å². The average molecular weight is 261 g/mol. The zero-order chi connectivity index (χ0) is 13.7. The van der Waals surface area contributed by atoms with Gasteiger partial charge in [0.25, 0.3) is 5.91 Å². The Morgan fingerprint density at radius 1 is 1.42 bits per heavy atom. The van der Waals surface area contributed by atoms with Crippen molar-refractivity contribution in [3.05, 3.63) is 30.3 Å². The molecule has 1 amide bonds. The molecule has 1 aromatic carbocycles. The molecular weight excluding hydrogens is 238 g/mol. The Morgan fingerprint density at radius 3 is 2.79 bits per heavy atom. The number of nitrogens with zero attached hydrogens (tertiary/aromatic N) is 1. The number of benzene rings is 1. The van der Waals surface area contributed by atoms with E-state index in [1.165, 1.54) is 6.42 Å². The molecule has 3 heteroatoms. The Balaban J connectivity index is 1.98. The molecule has 1 saturated heterocycles. The lowest BCUT2D eigenvalue weighted by molar-refractivity contribution is -0.140. The zero-order valence-corrected chi connectivity index (χ0v) is 11.8. The summed E-state index contributed by atoms with van der Waals surface area (Å²) in [5.41, 5.74) is 0. The minimum Gasteiger partial charge on any atom is -0.481 e. The van der Waals surface area contributed by atoms with Gasteiger partial charge in [0.1, 0.15) is 5.75 Å². The van der Waals surface area contributed by atoms with Gasteiger partial charge in [-0.15, -0.1) is 0 Å². The van der Waals surface area contributed by atoms with Crippen molar-refractivity contribution in [3.8, 4) is 5.75 Å². The average Bonchev–Trinajstić information content (AvgIpc) is 2.45. The van der Waals surface area contributed by atoms with E-state index in [2.05, 4.69) is 6.92 Å². The standard InChI is InChI=1S/C16H23NO2/c1-3-15(19-14-9-5-4-6-10-14)16(18)17-11-7-8-13(2)12-17/h4-6,9-10,13,15H,3,7-8,11-12H2,1-2H3/t13-,15+/m0/s1. The number of carbonyl (C=O) groups is 1. The maximum atomic E-state index is 12.5. The van der Waals surface area contributed by atoms with E-state index in [0.29, 0.717) is 12.3 Å².